The lowest BCUT2D eigenvalue weighted by molar-refractivity contribution is -0.119. The highest BCUT2D eigenvalue weighted by Gasteiger charge is 2.20. The third kappa shape index (κ3) is 4.91. The standard InChI is InChI=1S/C19H18Cl3NO3/c1-3-11(2)12-6-4-5-7-15(12)23-16(24)10-26-19(25)17-13(20)8-9-14(21)18(17)22/h4-9,11H,3,10H2,1-2H3,(H,23,24)/t11-/m1/s1. The fourth-order valence-electron chi connectivity index (χ4n) is 2.36. The number of anilines is 1. The lowest BCUT2D eigenvalue weighted by atomic mass is 9.97. The van der Waals surface area contributed by atoms with E-state index in [-0.39, 0.29) is 26.5 Å². The van der Waals surface area contributed by atoms with Crippen molar-refractivity contribution in [3.63, 3.8) is 0 Å². The van der Waals surface area contributed by atoms with Gasteiger partial charge in [-0.1, -0.05) is 66.8 Å². The quantitative estimate of drug-likeness (QED) is 0.469. The first kappa shape index (κ1) is 20.6. The zero-order valence-corrected chi connectivity index (χ0v) is 16.6. The Morgan fingerprint density at radius 1 is 1.08 bits per heavy atom. The van der Waals surface area contributed by atoms with Gasteiger partial charge in [0.05, 0.1) is 20.6 Å². The molecule has 0 aliphatic rings. The van der Waals surface area contributed by atoms with E-state index < -0.39 is 18.5 Å². The van der Waals surface area contributed by atoms with Crippen LogP contribution in [-0.2, 0) is 9.53 Å². The SMILES string of the molecule is CC[C@@H](C)c1ccccc1NC(=O)COC(=O)c1c(Cl)ccc(Cl)c1Cl. The van der Waals surface area contributed by atoms with Crippen molar-refractivity contribution in [3.8, 4) is 0 Å². The number of esters is 1. The van der Waals surface area contributed by atoms with Gasteiger partial charge in [-0.3, -0.25) is 4.79 Å². The van der Waals surface area contributed by atoms with Crippen LogP contribution in [0.25, 0.3) is 0 Å². The summed E-state index contributed by atoms with van der Waals surface area (Å²) in [6.07, 6.45) is 0.938. The fourth-order valence-corrected chi connectivity index (χ4v) is 3.05. The Bertz CT molecular complexity index is 824. The number of para-hydroxylation sites is 1. The van der Waals surface area contributed by atoms with Crippen molar-refractivity contribution in [2.75, 3.05) is 11.9 Å². The summed E-state index contributed by atoms with van der Waals surface area (Å²) in [7, 11) is 0. The number of hydrogen-bond donors (Lipinski definition) is 1. The molecule has 0 spiro atoms. The second-order valence-electron chi connectivity index (χ2n) is 5.74. The van der Waals surface area contributed by atoms with Crippen LogP contribution >= 0.6 is 34.8 Å². The van der Waals surface area contributed by atoms with E-state index >= 15 is 0 Å². The van der Waals surface area contributed by atoms with Gasteiger partial charge >= 0.3 is 5.97 Å². The van der Waals surface area contributed by atoms with E-state index in [0.29, 0.717) is 5.69 Å². The third-order valence-corrected chi connectivity index (χ3v) is 5.08. The minimum absolute atomic E-state index is 0.00769. The van der Waals surface area contributed by atoms with Gasteiger partial charge in [-0.25, -0.2) is 4.79 Å². The summed E-state index contributed by atoms with van der Waals surface area (Å²) in [6.45, 7) is 3.69. The molecule has 7 heteroatoms. The summed E-state index contributed by atoms with van der Waals surface area (Å²) in [5.74, 6) is -0.977. The Hall–Kier alpha value is -1.75. The van der Waals surface area contributed by atoms with Crippen LogP contribution in [0.4, 0.5) is 5.69 Å². The molecule has 0 saturated heterocycles. The molecule has 1 amide bonds. The van der Waals surface area contributed by atoms with Crippen molar-refractivity contribution in [3.05, 3.63) is 62.6 Å². The number of rotatable bonds is 6. The Kier molecular flexibility index (Phi) is 7.33. The number of nitrogens with one attached hydrogen (secondary N) is 1. The van der Waals surface area contributed by atoms with Crippen LogP contribution in [0.3, 0.4) is 0 Å². The molecular formula is C19H18Cl3NO3. The number of halogens is 3. The van der Waals surface area contributed by atoms with Crippen LogP contribution in [0.2, 0.25) is 15.1 Å². The van der Waals surface area contributed by atoms with Crippen molar-refractivity contribution in [2.45, 2.75) is 26.2 Å². The molecule has 1 atom stereocenters. The minimum Gasteiger partial charge on any atom is -0.452 e. The normalized spacial score (nSPS) is 11.7. The second-order valence-corrected chi connectivity index (χ2v) is 6.93. The number of hydrogen-bond acceptors (Lipinski definition) is 3. The first-order valence-corrected chi connectivity index (χ1v) is 9.17. The van der Waals surface area contributed by atoms with Gasteiger partial charge in [0, 0.05) is 5.69 Å². The maximum Gasteiger partial charge on any atom is 0.341 e. The fraction of sp³-hybridized carbons (Fsp3) is 0.263. The molecule has 0 radical (unpaired) electrons. The van der Waals surface area contributed by atoms with Crippen molar-refractivity contribution < 1.29 is 14.3 Å². The Morgan fingerprint density at radius 2 is 1.73 bits per heavy atom. The molecule has 4 nitrogen and oxygen atoms in total. The molecule has 0 saturated carbocycles. The highest BCUT2D eigenvalue weighted by Crippen LogP contribution is 2.32. The molecule has 26 heavy (non-hydrogen) atoms. The highest BCUT2D eigenvalue weighted by molar-refractivity contribution is 6.46. The Morgan fingerprint density at radius 3 is 2.42 bits per heavy atom. The molecule has 2 rings (SSSR count). The molecule has 0 unspecified atom stereocenters. The van der Waals surface area contributed by atoms with E-state index in [0.717, 1.165) is 12.0 Å². The first-order chi connectivity index (χ1) is 12.3. The topological polar surface area (TPSA) is 55.4 Å². The maximum absolute atomic E-state index is 12.2. The number of carbonyl (C=O) groups excluding carboxylic acids is 2. The molecule has 0 aliphatic carbocycles. The zero-order valence-electron chi connectivity index (χ0n) is 14.3. The average molecular weight is 415 g/mol. The number of amides is 1. The van der Waals surface area contributed by atoms with E-state index in [2.05, 4.69) is 19.2 Å². The van der Waals surface area contributed by atoms with Crippen molar-refractivity contribution in [2.24, 2.45) is 0 Å². The van der Waals surface area contributed by atoms with Crippen LogP contribution in [0.1, 0.15) is 42.1 Å². The van der Waals surface area contributed by atoms with E-state index in [1.807, 2.05) is 24.3 Å². The van der Waals surface area contributed by atoms with Crippen LogP contribution in [-0.4, -0.2) is 18.5 Å². The summed E-state index contributed by atoms with van der Waals surface area (Å²) in [4.78, 5) is 24.4. The third-order valence-electron chi connectivity index (χ3n) is 3.96. The van der Waals surface area contributed by atoms with Gasteiger partial charge in [-0.05, 0) is 36.1 Å². The van der Waals surface area contributed by atoms with E-state index in [1.165, 1.54) is 12.1 Å². The van der Waals surface area contributed by atoms with Crippen LogP contribution in [0.5, 0.6) is 0 Å². The monoisotopic (exact) mass is 413 g/mol. The van der Waals surface area contributed by atoms with Crippen LogP contribution < -0.4 is 5.32 Å². The van der Waals surface area contributed by atoms with Gasteiger partial charge in [-0.2, -0.15) is 0 Å². The molecular weight excluding hydrogens is 397 g/mol. The predicted molar refractivity (Wildman–Crippen MR) is 106 cm³/mol. The first-order valence-electron chi connectivity index (χ1n) is 8.04. The largest absolute Gasteiger partial charge is 0.452 e. The minimum atomic E-state index is -0.812. The molecule has 2 aromatic carbocycles. The van der Waals surface area contributed by atoms with E-state index in [1.54, 1.807) is 0 Å². The molecule has 138 valence electrons. The predicted octanol–water partition coefficient (Wildman–Crippen LogP) is 5.96. The van der Waals surface area contributed by atoms with E-state index in [9.17, 15) is 9.59 Å². The number of ether oxygens (including phenoxy) is 1. The number of carbonyl (C=O) groups is 2. The van der Waals surface area contributed by atoms with Crippen molar-refractivity contribution in [1.29, 1.82) is 0 Å². The molecule has 0 fully saturated rings. The Balaban J connectivity index is 2.04. The van der Waals surface area contributed by atoms with Gasteiger partial charge in [0.15, 0.2) is 6.61 Å². The van der Waals surface area contributed by atoms with Crippen molar-refractivity contribution in [1.82, 2.24) is 0 Å². The molecule has 0 bridgehead atoms. The van der Waals surface area contributed by atoms with Crippen LogP contribution in [0, 0.1) is 0 Å². The Labute approximate surface area is 167 Å². The average Bonchev–Trinajstić information content (AvgIpc) is 2.63. The van der Waals surface area contributed by atoms with Crippen LogP contribution in [0.15, 0.2) is 36.4 Å². The van der Waals surface area contributed by atoms with Crippen molar-refractivity contribution >= 4 is 52.4 Å². The maximum atomic E-state index is 12.2. The lowest BCUT2D eigenvalue weighted by Crippen LogP contribution is -2.22. The summed E-state index contributed by atoms with van der Waals surface area (Å²) in [5.41, 5.74) is 1.66. The zero-order chi connectivity index (χ0) is 19.3. The highest BCUT2D eigenvalue weighted by atomic mass is 35.5. The van der Waals surface area contributed by atoms with E-state index in [4.69, 9.17) is 39.5 Å². The molecule has 2 aromatic rings. The molecule has 0 heterocycles. The lowest BCUT2D eigenvalue weighted by Gasteiger charge is -2.15. The summed E-state index contributed by atoms with van der Waals surface area (Å²) >= 11 is 17.8. The van der Waals surface area contributed by atoms with Gasteiger partial charge < -0.3 is 10.1 Å². The second kappa shape index (κ2) is 9.26. The summed E-state index contributed by atoms with van der Waals surface area (Å²) in [5, 5.41) is 3.04. The van der Waals surface area contributed by atoms with Gasteiger partial charge in [0.25, 0.3) is 5.91 Å². The molecule has 0 aromatic heterocycles. The number of benzene rings is 2. The molecule has 0 aliphatic heterocycles. The molecule has 1 N–H and O–H groups in total. The van der Waals surface area contributed by atoms with Gasteiger partial charge in [0.2, 0.25) is 0 Å². The smallest absolute Gasteiger partial charge is 0.341 e. The van der Waals surface area contributed by atoms with Gasteiger partial charge in [-0.15, -0.1) is 0 Å². The van der Waals surface area contributed by atoms with Gasteiger partial charge in [0.1, 0.15) is 0 Å². The summed E-state index contributed by atoms with van der Waals surface area (Å²) in [6, 6.07) is 10.4. The summed E-state index contributed by atoms with van der Waals surface area (Å²) < 4.78 is 5.03.